The lowest BCUT2D eigenvalue weighted by Crippen LogP contribution is -2.25. The van der Waals surface area contributed by atoms with E-state index in [0.29, 0.717) is 22.9 Å². The molecule has 0 unspecified atom stereocenters. The minimum Gasteiger partial charge on any atom is -0.484 e. The van der Waals surface area contributed by atoms with Gasteiger partial charge in [-0.25, -0.2) is 4.79 Å². The van der Waals surface area contributed by atoms with Gasteiger partial charge in [-0.05, 0) is 24.3 Å². The summed E-state index contributed by atoms with van der Waals surface area (Å²) in [4.78, 5) is 35.2. The van der Waals surface area contributed by atoms with Gasteiger partial charge in [0.15, 0.2) is 13.2 Å². The van der Waals surface area contributed by atoms with Gasteiger partial charge < -0.3 is 24.8 Å². The number of methoxy groups -OCH3 is 1. The summed E-state index contributed by atoms with van der Waals surface area (Å²) in [6.45, 7) is -0.307. The molecule has 0 saturated carbocycles. The molecular formula is C18H16N2O6. The molecule has 134 valence electrons. The molecule has 2 amide bonds. The largest absolute Gasteiger partial charge is 0.484 e. The SMILES string of the molecule is COC(=O)c1ccccc1NC(=O)COc1ccc2c(c1)NC(=O)CO2. The average molecular weight is 356 g/mol. The smallest absolute Gasteiger partial charge is 0.339 e. The van der Waals surface area contributed by atoms with Crippen LogP contribution < -0.4 is 20.1 Å². The van der Waals surface area contributed by atoms with Gasteiger partial charge in [0.05, 0.1) is 24.0 Å². The molecule has 2 aromatic carbocycles. The third kappa shape index (κ3) is 3.92. The van der Waals surface area contributed by atoms with Crippen molar-refractivity contribution < 1.29 is 28.6 Å². The first-order valence-corrected chi connectivity index (χ1v) is 7.73. The van der Waals surface area contributed by atoms with Crippen LogP contribution in [0.25, 0.3) is 0 Å². The highest BCUT2D eigenvalue weighted by molar-refractivity contribution is 6.01. The minimum atomic E-state index is -0.549. The molecule has 0 spiro atoms. The summed E-state index contributed by atoms with van der Waals surface area (Å²) in [5, 5.41) is 5.26. The first-order valence-electron chi connectivity index (χ1n) is 7.73. The number of hydrogen-bond donors (Lipinski definition) is 2. The molecule has 0 atom stereocenters. The van der Waals surface area contributed by atoms with Crippen LogP contribution in [-0.2, 0) is 14.3 Å². The van der Waals surface area contributed by atoms with E-state index in [1.54, 1.807) is 42.5 Å². The minimum absolute atomic E-state index is 0.0325. The van der Waals surface area contributed by atoms with Crippen LogP contribution in [-0.4, -0.2) is 38.1 Å². The predicted octanol–water partition coefficient (Wildman–Crippen LogP) is 1.82. The number of carbonyl (C=O) groups is 3. The van der Waals surface area contributed by atoms with Crippen molar-refractivity contribution in [2.75, 3.05) is 31.0 Å². The van der Waals surface area contributed by atoms with Crippen molar-refractivity contribution in [2.45, 2.75) is 0 Å². The Balaban J connectivity index is 1.62. The van der Waals surface area contributed by atoms with Crippen molar-refractivity contribution in [2.24, 2.45) is 0 Å². The van der Waals surface area contributed by atoms with Crippen molar-refractivity contribution in [3.63, 3.8) is 0 Å². The molecule has 8 nitrogen and oxygen atoms in total. The Morgan fingerprint density at radius 3 is 2.85 bits per heavy atom. The van der Waals surface area contributed by atoms with Crippen LogP contribution in [0.5, 0.6) is 11.5 Å². The monoisotopic (exact) mass is 356 g/mol. The fraction of sp³-hybridized carbons (Fsp3) is 0.167. The van der Waals surface area contributed by atoms with Crippen molar-refractivity contribution >= 4 is 29.2 Å². The lowest BCUT2D eigenvalue weighted by atomic mass is 10.2. The number of fused-ring (bicyclic) bond motifs is 1. The standard InChI is InChI=1S/C18H16N2O6/c1-24-18(23)12-4-2-3-5-13(12)19-16(21)9-25-11-6-7-15-14(8-11)20-17(22)10-26-15/h2-8H,9-10H2,1H3,(H,19,21)(H,20,22). The summed E-state index contributed by atoms with van der Waals surface area (Å²) in [7, 11) is 1.27. The van der Waals surface area contributed by atoms with E-state index in [0.717, 1.165) is 0 Å². The van der Waals surface area contributed by atoms with Crippen LogP contribution in [0.2, 0.25) is 0 Å². The maximum atomic E-state index is 12.1. The normalized spacial score (nSPS) is 12.3. The highest BCUT2D eigenvalue weighted by Gasteiger charge is 2.17. The zero-order valence-electron chi connectivity index (χ0n) is 13.9. The van der Waals surface area contributed by atoms with Crippen molar-refractivity contribution in [3.05, 3.63) is 48.0 Å². The summed E-state index contributed by atoms with van der Waals surface area (Å²) < 4.78 is 15.4. The summed E-state index contributed by atoms with van der Waals surface area (Å²) in [6, 6.07) is 11.4. The highest BCUT2D eigenvalue weighted by Crippen LogP contribution is 2.31. The van der Waals surface area contributed by atoms with Gasteiger partial charge in [0.1, 0.15) is 11.5 Å². The molecule has 2 aromatic rings. The second-order valence-corrected chi connectivity index (χ2v) is 5.37. The molecule has 2 N–H and O–H groups in total. The number of amides is 2. The van der Waals surface area contributed by atoms with E-state index < -0.39 is 11.9 Å². The van der Waals surface area contributed by atoms with Gasteiger partial charge in [-0.15, -0.1) is 0 Å². The van der Waals surface area contributed by atoms with E-state index in [2.05, 4.69) is 15.4 Å². The van der Waals surface area contributed by atoms with Crippen molar-refractivity contribution in [3.8, 4) is 11.5 Å². The van der Waals surface area contributed by atoms with Crippen LogP contribution in [0.15, 0.2) is 42.5 Å². The molecular weight excluding hydrogens is 340 g/mol. The van der Waals surface area contributed by atoms with Crippen LogP contribution in [0.1, 0.15) is 10.4 Å². The Morgan fingerprint density at radius 2 is 2.04 bits per heavy atom. The molecule has 8 heteroatoms. The second-order valence-electron chi connectivity index (χ2n) is 5.37. The number of rotatable bonds is 5. The van der Waals surface area contributed by atoms with Gasteiger partial charge in [-0.3, -0.25) is 9.59 Å². The van der Waals surface area contributed by atoms with Gasteiger partial charge in [0.2, 0.25) is 0 Å². The predicted molar refractivity (Wildman–Crippen MR) is 92.5 cm³/mol. The topological polar surface area (TPSA) is 103 Å². The Bertz CT molecular complexity index is 865. The summed E-state index contributed by atoms with van der Waals surface area (Å²) in [6.07, 6.45) is 0. The fourth-order valence-electron chi connectivity index (χ4n) is 2.37. The van der Waals surface area contributed by atoms with Crippen LogP contribution >= 0.6 is 0 Å². The molecule has 3 rings (SSSR count). The first kappa shape index (κ1) is 17.3. The molecule has 0 radical (unpaired) electrons. The van der Waals surface area contributed by atoms with Gasteiger partial charge in [-0.1, -0.05) is 12.1 Å². The van der Waals surface area contributed by atoms with Gasteiger partial charge in [0.25, 0.3) is 11.8 Å². The first-order chi connectivity index (χ1) is 12.6. The number of benzene rings is 2. The van der Waals surface area contributed by atoms with E-state index in [9.17, 15) is 14.4 Å². The van der Waals surface area contributed by atoms with Crippen LogP contribution in [0, 0.1) is 0 Å². The molecule has 0 bridgehead atoms. The van der Waals surface area contributed by atoms with E-state index in [-0.39, 0.29) is 24.7 Å². The maximum absolute atomic E-state index is 12.1. The lowest BCUT2D eigenvalue weighted by molar-refractivity contribution is -0.119. The zero-order valence-corrected chi connectivity index (χ0v) is 13.9. The second kappa shape index (κ2) is 7.56. The van der Waals surface area contributed by atoms with Crippen molar-refractivity contribution in [1.82, 2.24) is 0 Å². The Hall–Kier alpha value is -3.55. The zero-order chi connectivity index (χ0) is 18.5. The number of carbonyl (C=O) groups excluding carboxylic acids is 3. The molecule has 0 saturated heterocycles. The Labute approximate surface area is 149 Å². The summed E-state index contributed by atoms with van der Waals surface area (Å²) in [5.41, 5.74) is 1.06. The Kier molecular flexibility index (Phi) is 5.02. The Morgan fingerprint density at radius 1 is 1.23 bits per heavy atom. The lowest BCUT2D eigenvalue weighted by Gasteiger charge is -2.18. The third-order valence-corrected chi connectivity index (χ3v) is 3.56. The molecule has 0 fully saturated rings. The molecule has 1 aliphatic rings. The van der Waals surface area contributed by atoms with Gasteiger partial charge in [0, 0.05) is 6.07 Å². The van der Waals surface area contributed by atoms with Crippen LogP contribution in [0.4, 0.5) is 11.4 Å². The van der Waals surface area contributed by atoms with Crippen LogP contribution in [0.3, 0.4) is 0 Å². The van der Waals surface area contributed by atoms with Crippen molar-refractivity contribution in [1.29, 1.82) is 0 Å². The number of ether oxygens (including phenoxy) is 3. The molecule has 1 aliphatic heterocycles. The summed E-state index contributed by atoms with van der Waals surface area (Å²) >= 11 is 0. The van der Waals surface area contributed by atoms with E-state index in [1.165, 1.54) is 7.11 Å². The quantitative estimate of drug-likeness (QED) is 0.792. The average Bonchev–Trinajstić information content (AvgIpc) is 2.65. The molecule has 26 heavy (non-hydrogen) atoms. The highest BCUT2D eigenvalue weighted by atomic mass is 16.5. The number of para-hydroxylation sites is 1. The number of nitrogens with one attached hydrogen (secondary N) is 2. The number of anilines is 2. The maximum Gasteiger partial charge on any atom is 0.339 e. The molecule has 1 heterocycles. The van der Waals surface area contributed by atoms with E-state index in [1.807, 2.05) is 0 Å². The third-order valence-electron chi connectivity index (χ3n) is 3.56. The fourth-order valence-corrected chi connectivity index (χ4v) is 2.37. The van der Waals surface area contributed by atoms with Gasteiger partial charge in [-0.2, -0.15) is 0 Å². The number of esters is 1. The van der Waals surface area contributed by atoms with Gasteiger partial charge >= 0.3 is 5.97 Å². The van der Waals surface area contributed by atoms with E-state index in [4.69, 9.17) is 9.47 Å². The summed E-state index contributed by atoms with van der Waals surface area (Å²) in [5.74, 6) is -0.322. The van der Waals surface area contributed by atoms with E-state index >= 15 is 0 Å². The molecule has 0 aromatic heterocycles. The molecule has 0 aliphatic carbocycles. The number of hydrogen-bond acceptors (Lipinski definition) is 6.